The number of carboxylic acids is 2. The van der Waals surface area contributed by atoms with Gasteiger partial charge in [-0.1, -0.05) is 24.3 Å². The maximum absolute atomic E-state index is 12.3. The number of carboxylic acid groups (broad SMARTS) is 2. The van der Waals surface area contributed by atoms with Crippen molar-refractivity contribution in [3.8, 4) is 11.5 Å². The summed E-state index contributed by atoms with van der Waals surface area (Å²) < 4.78 is 23.0. The number of rotatable bonds is 21. The van der Waals surface area contributed by atoms with Gasteiger partial charge in [-0.3, -0.25) is 33.3 Å². The SMILES string of the molecule is CC(=O)CCc1ccc(O)c(CN(CCN(CC(=O)O)Cc2cc(CCC(=O)CC(P(=O)(O)O)P(=O)(O)O)ccc2O)CC(=O)O)c1. The van der Waals surface area contributed by atoms with Crippen molar-refractivity contribution in [2.24, 2.45) is 0 Å². The number of carbonyl (C=O) groups excluding carboxylic acids is 2. The fourth-order valence-electron chi connectivity index (χ4n) is 4.76. The van der Waals surface area contributed by atoms with Gasteiger partial charge in [-0.25, -0.2) is 0 Å². The number of aromatic hydroxyl groups is 2. The molecule has 8 N–H and O–H groups in total. The number of phenols is 2. The standard InChI is InChI=1S/C29H40N2O14P2/c1-19(32)2-3-20-5-8-25(34)22(12-20)15-30(17-27(36)37)10-11-31(18-28(38)39)16-23-13-21(6-9-26(23)35)4-7-24(33)14-29(46(40,41)42)47(43,44)45/h5-6,8-9,12-13,29,34-35H,2-4,7,10-11,14-18H2,1H3,(H,36,37)(H,38,39)(H2,40,41,42)(H2,43,44,45). The van der Waals surface area contributed by atoms with Crippen LogP contribution in [0.2, 0.25) is 0 Å². The summed E-state index contributed by atoms with van der Waals surface area (Å²) >= 11 is 0. The molecule has 0 fully saturated rings. The molecule has 0 spiro atoms. The molecule has 18 heteroatoms. The zero-order chi connectivity index (χ0) is 35.5. The summed E-state index contributed by atoms with van der Waals surface area (Å²) in [4.78, 5) is 86.9. The van der Waals surface area contributed by atoms with Gasteiger partial charge in [0.25, 0.3) is 0 Å². The van der Waals surface area contributed by atoms with Gasteiger partial charge in [0, 0.05) is 56.6 Å². The molecule has 0 aromatic heterocycles. The Hall–Kier alpha value is -3.46. The number of carbonyl (C=O) groups is 4. The molecule has 0 aliphatic heterocycles. The molecule has 0 unspecified atom stereocenters. The number of aryl methyl sites for hydroxylation is 2. The quantitative estimate of drug-likeness (QED) is 0.0859. The molecule has 0 heterocycles. The Labute approximate surface area is 270 Å². The van der Waals surface area contributed by atoms with E-state index in [9.17, 15) is 68.3 Å². The number of hydrogen-bond acceptors (Lipinski definition) is 10. The van der Waals surface area contributed by atoms with Gasteiger partial charge < -0.3 is 44.8 Å². The molecule has 2 rings (SSSR count). The molecule has 2 aromatic carbocycles. The minimum Gasteiger partial charge on any atom is -0.508 e. The van der Waals surface area contributed by atoms with E-state index in [1.165, 1.54) is 41.0 Å². The second-order valence-electron chi connectivity index (χ2n) is 11.2. The Kier molecular flexibility index (Phi) is 14.9. The fraction of sp³-hybridized carbons (Fsp3) is 0.448. The molecular formula is C29H40N2O14P2. The molecule has 0 saturated heterocycles. The lowest BCUT2D eigenvalue weighted by atomic mass is 10.0. The van der Waals surface area contributed by atoms with Gasteiger partial charge in [0.05, 0.1) is 13.1 Å². The summed E-state index contributed by atoms with van der Waals surface area (Å²) in [5.74, 6) is -3.45. The maximum Gasteiger partial charge on any atom is 0.341 e. The first-order chi connectivity index (χ1) is 21.7. The fourth-order valence-corrected chi connectivity index (χ4v) is 7.21. The first-order valence-electron chi connectivity index (χ1n) is 14.4. The number of aliphatic carboxylic acids is 2. The van der Waals surface area contributed by atoms with Crippen LogP contribution in [0, 0.1) is 0 Å². The van der Waals surface area contributed by atoms with Crippen LogP contribution in [0.5, 0.6) is 11.5 Å². The predicted octanol–water partition coefficient (Wildman–Crippen LogP) is 1.67. The second-order valence-corrected chi connectivity index (χ2v) is 15.2. The van der Waals surface area contributed by atoms with E-state index >= 15 is 0 Å². The van der Waals surface area contributed by atoms with Gasteiger partial charge in [0.15, 0.2) is 5.40 Å². The van der Waals surface area contributed by atoms with Crippen LogP contribution in [-0.2, 0) is 54.2 Å². The Bertz CT molecular complexity index is 1510. The van der Waals surface area contributed by atoms with Gasteiger partial charge in [-0.15, -0.1) is 0 Å². The van der Waals surface area contributed by atoms with Gasteiger partial charge in [-0.2, -0.15) is 0 Å². The Morgan fingerprint density at radius 3 is 1.47 bits per heavy atom. The van der Waals surface area contributed by atoms with Gasteiger partial charge in [0.1, 0.15) is 23.1 Å². The minimum atomic E-state index is -5.27. The molecule has 0 bridgehead atoms. The molecule has 2 aromatic rings. The second kappa shape index (κ2) is 17.6. The molecular weight excluding hydrogens is 662 g/mol. The van der Waals surface area contributed by atoms with Crippen LogP contribution in [0.25, 0.3) is 0 Å². The molecule has 16 nitrogen and oxygen atoms in total. The number of ketones is 2. The van der Waals surface area contributed by atoms with E-state index in [1.807, 2.05) is 0 Å². The summed E-state index contributed by atoms with van der Waals surface area (Å²) in [7, 11) is -10.5. The summed E-state index contributed by atoms with van der Waals surface area (Å²) in [5.41, 5.74) is 1.93. The lowest BCUT2D eigenvalue weighted by molar-refractivity contribution is -0.140. The molecule has 47 heavy (non-hydrogen) atoms. The van der Waals surface area contributed by atoms with E-state index in [4.69, 9.17) is 0 Å². The maximum atomic E-state index is 12.3. The van der Waals surface area contributed by atoms with Gasteiger partial charge >= 0.3 is 27.1 Å². The van der Waals surface area contributed by atoms with Crippen LogP contribution in [0.4, 0.5) is 0 Å². The van der Waals surface area contributed by atoms with E-state index in [-0.39, 0.29) is 61.9 Å². The topological polar surface area (TPSA) is 271 Å². The molecule has 260 valence electrons. The van der Waals surface area contributed by atoms with Crippen LogP contribution in [0.3, 0.4) is 0 Å². The summed E-state index contributed by atoms with van der Waals surface area (Å²) in [6, 6.07) is 9.05. The molecule has 0 amide bonds. The van der Waals surface area contributed by atoms with Crippen molar-refractivity contribution in [1.82, 2.24) is 9.80 Å². The number of Topliss-reactive ketones (excluding diaryl/α,β-unsaturated/α-hetero) is 2. The predicted molar refractivity (Wildman–Crippen MR) is 167 cm³/mol. The van der Waals surface area contributed by atoms with Crippen molar-refractivity contribution >= 4 is 38.7 Å². The number of benzene rings is 2. The van der Waals surface area contributed by atoms with Crippen LogP contribution in [0.15, 0.2) is 36.4 Å². The smallest absolute Gasteiger partial charge is 0.341 e. The lowest BCUT2D eigenvalue weighted by Crippen LogP contribution is -2.39. The normalized spacial score (nSPS) is 12.2. The van der Waals surface area contributed by atoms with Crippen LogP contribution in [-0.4, -0.2) is 105 Å². The third-order valence-electron chi connectivity index (χ3n) is 7.17. The Morgan fingerprint density at radius 2 is 1.11 bits per heavy atom. The van der Waals surface area contributed by atoms with Crippen molar-refractivity contribution in [3.05, 3.63) is 58.7 Å². The highest BCUT2D eigenvalue weighted by Gasteiger charge is 2.44. The zero-order valence-electron chi connectivity index (χ0n) is 25.6. The minimum absolute atomic E-state index is 0.00656. The highest BCUT2D eigenvalue weighted by molar-refractivity contribution is 7.70. The molecule has 0 aliphatic rings. The first-order valence-corrected chi connectivity index (χ1v) is 17.7. The molecule has 0 radical (unpaired) electrons. The number of nitrogens with zero attached hydrogens (tertiary/aromatic N) is 2. The summed E-state index contributed by atoms with van der Waals surface area (Å²) in [5, 5.41) is 37.4. The monoisotopic (exact) mass is 702 g/mol. The summed E-state index contributed by atoms with van der Waals surface area (Å²) in [6.07, 6.45) is -0.648. The van der Waals surface area contributed by atoms with Crippen molar-refractivity contribution in [2.45, 2.75) is 57.5 Å². The average Bonchev–Trinajstić information content (AvgIpc) is 2.93. The van der Waals surface area contributed by atoms with Crippen LogP contribution >= 0.6 is 15.2 Å². The number of hydrogen-bond donors (Lipinski definition) is 8. The van der Waals surface area contributed by atoms with Crippen molar-refractivity contribution in [3.63, 3.8) is 0 Å². The van der Waals surface area contributed by atoms with Crippen LogP contribution in [0.1, 0.15) is 48.4 Å². The van der Waals surface area contributed by atoms with E-state index in [1.54, 1.807) is 12.1 Å². The third-order valence-corrected chi connectivity index (χ3v) is 10.9. The lowest BCUT2D eigenvalue weighted by Gasteiger charge is -2.26. The third kappa shape index (κ3) is 14.5. The largest absolute Gasteiger partial charge is 0.508 e. The molecule has 0 atom stereocenters. The van der Waals surface area contributed by atoms with E-state index in [0.717, 1.165) is 5.56 Å². The van der Waals surface area contributed by atoms with Gasteiger partial charge in [0.2, 0.25) is 0 Å². The van der Waals surface area contributed by atoms with E-state index in [2.05, 4.69) is 0 Å². The van der Waals surface area contributed by atoms with Crippen molar-refractivity contribution in [1.29, 1.82) is 0 Å². The van der Waals surface area contributed by atoms with Gasteiger partial charge in [-0.05, 0) is 43.0 Å². The Balaban J connectivity index is 2.16. The van der Waals surface area contributed by atoms with E-state index in [0.29, 0.717) is 24.0 Å². The highest BCUT2D eigenvalue weighted by atomic mass is 31.2. The van der Waals surface area contributed by atoms with Crippen LogP contribution < -0.4 is 0 Å². The highest BCUT2D eigenvalue weighted by Crippen LogP contribution is 2.61. The Morgan fingerprint density at radius 1 is 0.702 bits per heavy atom. The average molecular weight is 703 g/mol. The summed E-state index contributed by atoms with van der Waals surface area (Å²) in [6.45, 7) is 0.516. The molecule has 0 saturated carbocycles. The first kappa shape index (κ1) is 39.7. The van der Waals surface area contributed by atoms with Crippen molar-refractivity contribution in [2.75, 3.05) is 26.2 Å². The molecule has 0 aliphatic carbocycles. The number of phenolic OH excluding ortho intramolecular Hbond substituents is 2. The van der Waals surface area contributed by atoms with E-state index < -0.39 is 57.8 Å². The zero-order valence-corrected chi connectivity index (χ0v) is 27.4. The van der Waals surface area contributed by atoms with Crippen molar-refractivity contribution < 1.29 is 68.3 Å².